The number of aromatic nitrogens is 1. The number of halogens is 1. The molecule has 1 saturated heterocycles. The molecule has 3 atom stereocenters. The van der Waals surface area contributed by atoms with E-state index in [-0.39, 0.29) is 0 Å². The normalized spacial score (nSPS) is 26.5. The van der Waals surface area contributed by atoms with Gasteiger partial charge in [0.15, 0.2) is 0 Å². The number of ether oxygens (including phenoxy) is 1. The van der Waals surface area contributed by atoms with Crippen molar-refractivity contribution in [2.24, 2.45) is 5.92 Å². The molecule has 3 nitrogen and oxygen atoms in total. The number of likely N-dealkylation sites (tertiary alicyclic amines) is 1. The number of hydrogen-bond donors (Lipinski definition) is 0. The first kappa shape index (κ1) is 15.2. The van der Waals surface area contributed by atoms with Crippen LogP contribution in [0.25, 0.3) is 0 Å². The van der Waals surface area contributed by atoms with Crippen molar-refractivity contribution >= 4 is 22.9 Å². The molecule has 19 heavy (non-hydrogen) atoms. The average molecular weight is 303 g/mol. The summed E-state index contributed by atoms with van der Waals surface area (Å²) >= 11 is 7.58. The summed E-state index contributed by atoms with van der Waals surface area (Å²) in [6, 6.07) is 0.409. The zero-order valence-corrected chi connectivity index (χ0v) is 13.5. The van der Waals surface area contributed by atoms with E-state index in [2.05, 4.69) is 29.1 Å². The van der Waals surface area contributed by atoms with Gasteiger partial charge in [0.25, 0.3) is 0 Å². The van der Waals surface area contributed by atoms with Crippen LogP contribution in [0, 0.1) is 5.92 Å². The van der Waals surface area contributed by atoms with Gasteiger partial charge in [-0.05, 0) is 25.3 Å². The first-order valence-corrected chi connectivity index (χ1v) is 8.38. The quantitative estimate of drug-likeness (QED) is 0.776. The van der Waals surface area contributed by atoms with E-state index in [0.717, 1.165) is 25.2 Å². The monoisotopic (exact) mass is 302 g/mol. The number of methoxy groups -OCH3 is 1. The summed E-state index contributed by atoms with van der Waals surface area (Å²) in [4.78, 5) is 7.17. The van der Waals surface area contributed by atoms with Gasteiger partial charge in [-0.15, -0.1) is 22.9 Å². The maximum Gasteiger partial charge on any atom is 0.110 e. The van der Waals surface area contributed by atoms with Gasteiger partial charge in [-0.3, -0.25) is 4.90 Å². The molecular formula is C14H23ClN2OS. The summed E-state index contributed by atoms with van der Waals surface area (Å²) in [7, 11) is 1.82. The molecule has 0 amide bonds. The summed E-state index contributed by atoms with van der Waals surface area (Å²) < 4.78 is 5.61. The van der Waals surface area contributed by atoms with Crippen molar-refractivity contribution in [1.82, 2.24) is 9.88 Å². The third kappa shape index (κ3) is 3.48. The van der Waals surface area contributed by atoms with Gasteiger partial charge in [0, 0.05) is 19.0 Å². The van der Waals surface area contributed by atoms with Crippen molar-refractivity contribution in [3.05, 3.63) is 16.1 Å². The topological polar surface area (TPSA) is 25.4 Å². The Balaban J connectivity index is 2.09. The molecule has 3 unspecified atom stereocenters. The van der Waals surface area contributed by atoms with Crippen LogP contribution in [0.4, 0.5) is 0 Å². The van der Waals surface area contributed by atoms with Crippen molar-refractivity contribution in [3.63, 3.8) is 0 Å². The molecule has 2 rings (SSSR count). The lowest BCUT2D eigenvalue weighted by molar-refractivity contribution is -0.0201. The van der Waals surface area contributed by atoms with Crippen LogP contribution < -0.4 is 0 Å². The first-order valence-electron chi connectivity index (χ1n) is 6.96. The molecule has 1 aliphatic rings. The molecule has 0 bridgehead atoms. The summed E-state index contributed by atoms with van der Waals surface area (Å²) in [5.74, 6) is 1.15. The zero-order valence-electron chi connectivity index (χ0n) is 11.9. The molecule has 1 aliphatic heterocycles. The molecule has 0 aliphatic carbocycles. The van der Waals surface area contributed by atoms with Crippen LogP contribution in [0.2, 0.25) is 0 Å². The van der Waals surface area contributed by atoms with Crippen molar-refractivity contribution in [2.75, 3.05) is 20.2 Å². The predicted octanol–water partition coefficient (Wildman–Crippen LogP) is 3.69. The fourth-order valence-electron chi connectivity index (χ4n) is 2.77. The number of hydrogen-bond acceptors (Lipinski definition) is 4. The summed E-state index contributed by atoms with van der Waals surface area (Å²) in [5, 5.41) is 3.27. The van der Waals surface area contributed by atoms with E-state index >= 15 is 0 Å². The highest BCUT2D eigenvalue weighted by Gasteiger charge is 2.31. The van der Waals surface area contributed by atoms with Crippen molar-refractivity contribution in [2.45, 2.75) is 44.7 Å². The minimum Gasteiger partial charge on any atom is -0.380 e. The number of nitrogens with zero attached hydrogens (tertiary/aromatic N) is 2. The van der Waals surface area contributed by atoms with Crippen LogP contribution in [0.1, 0.15) is 43.4 Å². The van der Waals surface area contributed by atoms with Gasteiger partial charge < -0.3 is 4.74 Å². The molecule has 1 aromatic rings. The van der Waals surface area contributed by atoms with Gasteiger partial charge in [-0.2, -0.15) is 0 Å². The molecule has 0 aromatic carbocycles. The Hall–Kier alpha value is -0.160. The summed E-state index contributed by atoms with van der Waals surface area (Å²) in [5.41, 5.74) is 0.994. The molecule has 0 saturated carbocycles. The molecule has 0 N–H and O–H groups in total. The number of piperidine rings is 1. The lowest BCUT2D eigenvalue weighted by Crippen LogP contribution is -2.45. The standard InChI is InChI=1S/C14H23ClN2OS/c1-4-12(14-16-11(7-15)9-19-14)17-6-5-10(2)13(8-17)18-3/h9-10,12-13H,4-8H2,1-3H3. The van der Waals surface area contributed by atoms with Gasteiger partial charge >= 0.3 is 0 Å². The molecule has 108 valence electrons. The SMILES string of the molecule is CCC(c1nc(CCl)cs1)N1CCC(C)C(OC)C1. The van der Waals surface area contributed by atoms with E-state index in [4.69, 9.17) is 16.3 Å². The summed E-state index contributed by atoms with van der Waals surface area (Å²) in [6.45, 7) is 6.65. The second-order valence-electron chi connectivity index (χ2n) is 5.27. The predicted molar refractivity (Wildman–Crippen MR) is 80.9 cm³/mol. The van der Waals surface area contributed by atoms with Crippen LogP contribution in [-0.4, -0.2) is 36.2 Å². The highest BCUT2D eigenvalue weighted by atomic mass is 35.5. The van der Waals surface area contributed by atoms with Crippen molar-refractivity contribution in [3.8, 4) is 0 Å². The molecular weight excluding hydrogens is 280 g/mol. The smallest absolute Gasteiger partial charge is 0.110 e. The lowest BCUT2D eigenvalue weighted by atomic mass is 9.94. The second-order valence-corrected chi connectivity index (χ2v) is 6.43. The fourth-order valence-corrected chi connectivity index (χ4v) is 4.04. The Morgan fingerprint density at radius 3 is 3.00 bits per heavy atom. The zero-order chi connectivity index (χ0) is 13.8. The van der Waals surface area contributed by atoms with E-state index in [0.29, 0.717) is 23.9 Å². The van der Waals surface area contributed by atoms with Crippen LogP contribution >= 0.6 is 22.9 Å². The minimum atomic E-state index is 0.343. The molecule has 1 aromatic heterocycles. The van der Waals surface area contributed by atoms with Crippen LogP contribution in [0.5, 0.6) is 0 Å². The number of alkyl halides is 1. The molecule has 0 spiro atoms. The first-order chi connectivity index (χ1) is 9.19. The molecule has 1 fully saturated rings. The van der Waals surface area contributed by atoms with Crippen LogP contribution in [-0.2, 0) is 10.6 Å². The minimum absolute atomic E-state index is 0.343. The van der Waals surface area contributed by atoms with Gasteiger partial charge in [0.2, 0.25) is 0 Å². The Bertz CT molecular complexity index is 399. The van der Waals surface area contributed by atoms with Gasteiger partial charge in [0.05, 0.1) is 23.7 Å². The molecule has 5 heteroatoms. The molecule has 2 heterocycles. The maximum absolute atomic E-state index is 5.85. The van der Waals surface area contributed by atoms with Crippen molar-refractivity contribution < 1.29 is 4.74 Å². The highest BCUT2D eigenvalue weighted by molar-refractivity contribution is 7.09. The average Bonchev–Trinajstić information content (AvgIpc) is 2.90. The van der Waals surface area contributed by atoms with Crippen molar-refractivity contribution in [1.29, 1.82) is 0 Å². The fraction of sp³-hybridized carbons (Fsp3) is 0.786. The lowest BCUT2D eigenvalue weighted by Gasteiger charge is -2.39. The van der Waals surface area contributed by atoms with Gasteiger partial charge in [0.1, 0.15) is 5.01 Å². The molecule has 0 radical (unpaired) electrons. The van der Waals surface area contributed by atoms with Gasteiger partial charge in [-0.25, -0.2) is 4.98 Å². The third-order valence-corrected chi connectivity index (χ3v) is 5.31. The maximum atomic E-state index is 5.85. The van der Waals surface area contributed by atoms with E-state index < -0.39 is 0 Å². The van der Waals surface area contributed by atoms with E-state index in [1.807, 2.05) is 7.11 Å². The largest absolute Gasteiger partial charge is 0.380 e. The Morgan fingerprint density at radius 1 is 1.63 bits per heavy atom. The summed E-state index contributed by atoms with van der Waals surface area (Å²) in [6.07, 6.45) is 2.62. The van der Waals surface area contributed by atoms with E-state index in [1.165, 1.54) is 11.4 Å². The third-order valence-electron chi connectivity index (χ3n) is 4.04. The highest BCUT2D eigenvalue weighted by Crippen LogP contribution is 2.32. The number of rotatable bonds is 5. The Kier molecular flexibility index (Phi) is 5.63. The Morgan fingerprint density at radius 2 is 2.42 bits per heavy atom. The number of thiazole rings is 1. The van der Waals surface area contributed by atoms with Gasteiger partial charge in [-0.1, -0.05) is 13.8 Å². The second kappa shape index (κ2) is 7.02. The van der Waals surface area contributed by atoms with Crippen LogP contribution in [0.3, 0.4) is 0 Å². The van der Waals surface area contributed by atoms with E-state index in [9.17, 15) is 0 Å². The van der Waals surface area contributed by atoms with E-state index in [1.54, 1.807) is 11.3 Å². The Labute approximate surface area is 124 Å². The van der Waals surface area contributed by atoms with Crippen LogP contribution in [0.15, 0.2) is 5.38 Å².